The second-order valence-electron chi connectivity index (χ2n) is 7.00. The van der Waals surface area contributed by atoms with Crippen LogP contribution >= 0.6 is 0 Å². The maximum Gasteiger partial charge on any atom is 0.573 e. The van der Waals surface area contributed by atoms with E-state index in [0.29, 0.717) is 5.69 Å². The molecule has 1 heterocycles. The van der Waals surface area contributed by atoms with Crippen molar-refractivity contribution in [3.8, 4) is 5.75 Å². The van der Waals surface area contributed by atoms with Gasteiger partial charge in [0.15, 0.2) is 0 Å². The molecule has 0 aliphatic carbocycles. The summed E-state index contributed by atoms with van der Waals surface area (Å²) in [6.45, 7) is 4.92. The fourth-order valence-corrected chi connectivity index (χ4v) is 4.72. The van der Waals surface area contributed by atoms with E-state index in [-0.39, 0.29) is 10.8 Å². The van der Waals surface area contributed by atoms with Crippen molar-refractivity contribution in [3.63, 3.8) is 0 Å². The predicted molar refractivity (Wildman–Crippen MR) is 104 cm³/mol. The van der Waals surface area contributed by atoms with E-state index in [1.165, 1.54) is 12.1 Å². The quantitative estimate of drug-likeness (QED) is 0.701. The Labute approximate surface area is 168 Å². The summed E-state index contributed by atoms with van der Waals surface area (Å²) in [5.74, 6) is -0.389. The third kappa shape index (κ3) is 5.63. The number of nitrogens with zero attached hydrogens (tertiary/aromatic N) is 1. The van der Waals surface area contributed by atoms with Gasteiger partial charge in [-0.25, -0.2) is 8.42 Å². The van der Waals surface area contributed by atoms with Crippen molar-refractivity contribution < 1.29 is 26.3 Å². The van der Waals surface area contributed by atoms with Crippen LogP contribution in [0.2, 0.25) is 0 Å². The van der Waals surface area contributed by atoms with Gasteiger partial charge in [0.25, 0.3) is 10.0 Å². The molecule has 1 N–H and O–H groups in total. The summed E-state index contributed by atoms with van der Waals surface area (Å²) in [6.07, 6.45) is -2.92. The van der Waals surface area contributed by atoms with Gasteiger partial charge < -0.3 is 9.64 Å². The van der Waals surface area contributed by atoms with Crippen LogP contribution < -0.4 is 9.46 Å². The van der Waals surface area contributed by atoms with Crippen molar-refractivity contribution >= 4 is 15.7 Å². The molecule has 0 amide bonds. The average Bonchev–Trinajstić information content (AvgIpc) is 3.09. The minimum Gasteiger partial charge on any atom is -0.406 e. The SMILES string of the molecule is CCCN1CCC(c2ccccc2NS(=O)(=O)c2cccc(OC(F)(F)F)c2)C1. The summed E-state index contributed by atoms with van der Waals surface area (Å²) in [5.41, 5.74) is 1.33. The van der Waals surface area contributed by atoms with E-state index >= 15 is 0 Å². The van der Waals surface area contributed by atoms with E-state index in [4.69, 9.17) is 0 Å². The van der Waals surface area contributed by atoms with Gasteiger partial charge in [0.05, 0.1) is 10.6 Å². The number of hydrogen-bond donors (Lipinski definition) is 1. The fourth-order valence-electron chi connectivity index (χ4n) is 3.59. The van der Waals surface area contributed by atoms with Gasteiger partial charge in [-0.2, -0.15) is 0 Å². The highest BCUT2D eigenvalue weighted by Gasteiger charge is 2.32. The molecule has 0 saturated carbocycles. The molecule has 158 valence electrons. The molecule has 0 spiro atoms. The molecule has 1 unspecified atom stereocenters. The van der Waals surface area contributed by atoms with Crippen molar-refractivity contribution in [1.82, 2.24) is 4.90 Å². The number of para-hydroxylation sites is 1. The Hall–Kier alpha value is -2.26. The molecule has 29 heavy (non-hydrogen) atoms. The summed E-state index contributed by atoms with van der Waals surface area (Å²) in [5, 5.41) is 0. The Kier molecular flexibility index (Phi) is 6.38. The van der Waals surface area contributed by atoms with Gasteiger partial charge >= 0.3 is 6.36 Å². The fraction of sp³-hybridized carbons (Fsp3) is 0.400. The Morgan fingerprint density at radius 2 is 1.93 bits per heavy atom. The number of rotatable bonds is 7. The van der Waals surface area contributed by atoms with Crippen molar-refractivity contribution in [3.05, 3.63) is 54.1 Å². The first-order valence-corrected chi connectivity index (χ1v) is 10.9. The van der Waals surface area contributed by atoms with Crippen LogP contribution in [0.25, 0.3) is 0 Å². The Bertz CT molecular complexity index is 948. The van der Waals surface area contributed by atoms with Crippen LogP contribution in [0.4, 0.5) is 18.9 Å². The zero-order chi connectivity index (χ0) is 21.1. The zero-order valence-corrected chi connectivity index (χ0v) is 16.8. The largest absolute Gasteiger partial charge is 0.573 e. The molecule has 9 heteroatoms. The summed E-state index contributed by atoms with van der Waals surface area (Å²) in [7, 11) is -4.08. The number of sulfonamides is 1. The number of likely N-dealkylation sites (tertiary alicyclic amines) is 1. The van der Waals surface area contributed by atoms with Gasteiger partial charge in [-0.05, 0) is 55.6 Å². The second-order valence-corrected chi connectivity index (χ2v) is 8.68. The van der Waals surface area contributed by atoms with Gasteiger partial charge in [-0.1, -0.05) is 31.2 Å². The number of nitrogens with one attached hydrogen (secondary N) is 1. The van der Waals surface area contributed by atoms with E-state index in [9.17, 15) is 21.6 Å². The molecule has 5 nitrogen and oxygen atoms in total. The van der Waals surface area contributed by atoms with Gasteiger partial charge in [0, 0.05) is 12.6 Å². The molecule has 0 radical (unpaired) electrons. The summed E-state index contributed by atoms with van der Waals surface area (Å²) in [4.78, 5) is 2.04. The highest BCUT2D eigenvalue weighted by molar-refractivity contribution is 7.92. The van der Waals surface area contributed by atoms with E-state index in [1.54, 1.807) is 12.1 Å². The molecule has 3 rings (SSSR count). The van der Waals surface area contributed by atoms with Crippen molar-refractivity contribution in [2.45, 2.75) is 36.9 Å². The Morgan fingerprint density at radius 1 is 1.17 bits per heavy atom. The molecule has 0 aromatic heterocycles. The number of anilines is 1. The first kappa shape index (κ1) is 21.4. The van der Waals surface area contributed by atoms with Crippen molar-refractivity contribution in [2.75, 3.05) is 24.4 Å². The predicted octanol–water partition coefficient (Wildman–Crippen LogP) is 4.59. The highest BCUT2D eigenvalue weighted by atomic mass is 32.2. The maximum absolute atomic E-state index is 12.8. The maximum atomic E-state index is 12.8. The molecule has 1 aliphatic rings. The first-order valence-electron chi connectivity index (χ1n) is 9.38. The van der Waals surface area contributed by atoms with E-state index < -0.39 is 22.1 Å². The smallest absolute Gasteiger partial charge is 0.406 e. The van der Waals surface area contributed by atoms with Crippen LogP contribution in [-0.4, -0.2) is 39.3 Å². The molecule has 1 atom stereocenters. The van der Waals surface area contributed by atoms with E-state index in [2.05, 4.69) is 21.3 Å². The number of halogens is 3. The minimum absolute atomic E-state index is 0.195. The van der Waals surface area contributed by atoms with E-state index in [0.717, 1.165) is 50.2 Å². The summed E-state index contributed by atoms with van der Waals surface area (Å²) < 4.78 is 69.3. The van der Waals surface area contributed by atoms with Gasteiger partial charge in [0.1, 0.15) is 5.75 Å². The Balaban J connectivity index is 1.82. The third-order valence-electron chi connectivity index (χ3n) is 4.81. The molecular weight excluding hydrogens is 405 g/mol. The minimum atomic E-state index is -4.89. The molecule has 1 aliphatic heterocycles. The first-order chi connectivity index (χ1) is 13.7. The lowest BCUT2D eigenvalue weighted by Crippen LogP contribution is -2.21. The number of hydrogen-bond acceptors (Lipinski definition) is 4. The average molecular weight is 428 g/mol. The second kappa shape index (κ2) is 8.62. The van der Waals surface area contributed by atoms with Gasteiger partial charge in [0.2, 0.25) is 0 Å². The van der Waals surface area contributed by atoms with Crippen LogP contribution in [0, 0.1) is 0 Å². The Morgan fingerprint density at radius 3 is 2.66 bits per heavy atom. The lowest BCUT2D eigenvalue weighted by Gasteiger charge is -2.18. The molecule has 2 aromatic rings. The van der Waals surface area contributed by atoms with Crippen LogP contribution in [0.15, 0.2) is 53.4 Å². The number of alkyl halides is 3. The molecular formula is C20H23F3N2O3S. The highest BCUT2D eigenvalue weighted by Crippen LogP contribution is 2.33. The third-order valence-corrected chi connectivity index (χ3v) is 6.17. The molecule has 2 aromatic carbocycles. The lowest BCUT2D eigenvalue weighted by atomic mass is 9.97. The van der Waals surface area contributed by atoms with Gasteiger partial charge in [-0.3, -0.25) is 4.72 Å². The van der Waals surface area contributed by atoms with Crippen LogP contribution in [0.5, 0.6) is 5.75 Å². The topological polar surface area (TPSA) is 58.6 Å². The monoisotopic (exact) mass is 428 g/mol. The molecule has 1 saturated heterocycles. The number of ether oxygens (including phenoxy) is 1. The van der Waals surface area contributed by atoms with E-state index in [1.807, 2.05) is 12.1 Å². The normalized spacial score (nSPS) is 18.0. The van der Waals surface area contributed by atoms with Crippen molar-refractivity contribution in [2.24, 2.45) is 0 Å². The summed E-state index contributed by atoms with van der Waals surface area (Å²) in [6, 6.07) is 11.5. The van der Waals surface area contributed by atoms with Crippen LogP contribution in [-0.2, 0) is 10.0 Å². The lowest BCUT2D eigenvalue weighted by molar-refractivity contribution is -0.274. The standard InChI is InChI=1S/C20H23F3N2O3S/c1-2-11-25-12-10-15(14-25)18-8-3-4-9-19(18)24-29(26,27)17-7-5-6-16(13-17)28-20(21,22)23/h3-9,13,15,24H,2,10-12,14H2,1H3. The zero-order valence-electron chi connectivity index (χ0n) is 15.9. The molecule has 1 fully saturated rings. The van der Waals surface area contributed by atoms with Crippen molar-refractivity contribution in [1.29, 1.82) is 0 Å². The molecule has 0 bridgehead atoms. The number of benzene rings is 2. The van der Waals surface area contributed by atoms with Crippen LogP contribution in [0.1, 0.15) is 31.2 Å². The summed E-state index contributed by atoms with van der Waals surface area (Å²) >= 11 is 0. The van der Waals surface area contributed by atoms with Crippen LogP contribution in [0.3, 0.4) is 0 Å². The van der Waals surface area contributed by atoms with Gasteiger partial charge in [-0.15, -0.1) is 13.2 Å².